The lowest BCUT2D eigenvalue weighted by atomic mass is 10.2. The molecule has 0 bridgehead atoms. The number of rotatable bonds is 4. The maximum Gasteiger partial charge on any atom is 0.188 e. The van der Waals surface area contributed by atoms with Gasteiger partial charge < -0.3 is 11.1 Å². The number of hydrogen-bond acceptors (Lipinski definition) is 2. The molecular weight excluding hydrogens is 200 g/mol. The van der Waals surface area contributed by atoms with Crippen LogP contribution in [-0.2, 0) is 6.54 Å². The van der Waals surface area contributed by atoms with Crippen LogP contribution in [-0.4, -0.2) is 17.5 Å². The summed E-state index contributed by atoms with van der Waals surface area (Å²) in [4.78, 5) is 8.32. The third kappa shape index (κ3) is 4.29. The van der Waals surface area contributed by atoms with E-state index in [0.717, 1.165) is 17.7 Å². The molecule has 3 N–H and O–H groups in total. The van der Waals surface area contributed by atoms with Gasteiger partial charge in [0.2, 0.25) is 0 Å². The summed E-state index contributed by atoms with van der Waals surface area (Å²) in [5, 5.41) is 3.08. The summed E-state index contributed by atoms with van der Waals surface area (Å²) < 4.78 is 0. The Balaban J connectivity index is 2.49. The standard InChI is InChI=1S/C12H20N4/c1-9(2)6-15-12(13)16-8-11-4-5-14-7-10(11)3/h4-5,7,9H,6,8H2,1-3H3,(H3,13,15,16). The van der Waals surface area contributed by atoms with E-state index in [1.165, 1.54) is 0 Å². The summed E-state index contributed by atoms with van der Waals surface area (Å²) >= 11 is 0. The Morgan fingerprint density at radius 1 is 1.56 bits per heavy atom. The summed E-state index contributed by atoms with van der Waals surface area (Å²) in [5.74, 6) is 1.07. The molecule has 0 unspecified atom stereocenters. The van der Waals surface area contributed by atoms with Gasteiger partial charge in [-0.25, -0.2) is 4.99 Å². The topological polar surface area (TPSA) is 63.3 Å². The lowest BCUT2D eigenvalue weighted by Gasteiger charge is -2.08. The van der Waals surface area contributed by atoms with Gasteiger partial charge in [-0.1, -0.05) is 13.8 Å². The van der Waals surface area contributed by atoms with Gasteiger partial charge in [-0.2, -0.15) is 0 Å². The third-order valence-corrected chi connectivity index (χ3v) is 2.25. The molecule has 16 heavy (non-hydrogen) atoms. The van der Waals surface area contributed by atoms with Gasteiger partial charge >= 0.3 is 0 Å². The largest absolute Gasteiger partial charge is 0.370 e. The average Bonchev–Trinajstić information content (AvgIpc) is 2.25. The van der Waals surface area contributed by atoms with Crippen LogP contribution in [0.1, 0.15) is 25.0 Å². The molecule has 0 saturated carbocycles. The molecular formula is C12H20N4. The lowest BCUT2D eigenvalue weighted by molar-refractivity contribution is 0.622. The minimum Gasteiger partial charge on any atom is -0.370 e. The van der Waals surface area contributed by atoms with E-state index in [1.54, 1.807) is 6.20 Å². The fourth-order valence-electron chi connectivity index (χ4n) is 1.21. The molecule has 0 amide bonds. The second-order valence-corrected chi connectivity index (χ2v) is 4.28. The number of nitrogens with zero attached hydrogens (tertiary/aromatic N) is 2. The number of hydrogen-bond donors (Lipinski definition) is 2. The highest BCUT2D eigenvalue weighted by molar-refractivity contribution is 5.77. The minimum absolute atomic E-state index is 0.505. The second-order valence-electron chi connectivity index (χ2n) is 4.28. The number of pyridine rings is 1. The first-order valence-corrected chi connectivity index (χ1v) is 5.53. The Kier molecular flexibility index (Phi) is 4.76. The molecule has 0 atom stereocenters. The van der Waals surface area contributed by atoms with Crippen LogP contribution in [0, 0.1) is 12.8 Å². The molecule has 1 rings (SSSR count). The van der Waals surface area contributed by atoms with Gasteiger partial charge in [0.15, 0.2) is 5.96 Å². The van der Waals surface area contributed by atoms with Crippen molar-refractivity contribution in [1.29, 1.82) is 0 Å². The van der Waals surface area contributed by atoms with E-state index in [4.69, 9.17) is 5.73 Å². The van der Waals surface area contributed by atoms with E-state index in [0.29, 0.717) is 18.4 Å². The first kappa shape index (κ1) is 12.5. The number of aliphatic imine (C=N–C) groups is 1. The van der Waals surface area contributed by atoms with Gasteiger partial charge in [-0.3, -0.25) is 4.98 Å². The summed E-state index contributed by atoms with van der Waals surface area (Å²) in [6, 6.07) is 1.97. The van der Waals surface area contributed by atoms with Gasteiger partial charge in [-0.05, 0) is 30.0 Å². The molecule has 0 aliphatic heterocycles. The van der Waals surface area contributed by atoms with Crippen molar-refractivity contribution in [2.75, 3.05) is 6.54 Å². The Morgan fingerprint density at radius 2 is 2.31 bits per heavy atom. The number of nitrogens with one attached hydrogen (secondary N) is 1. The van der Waals surface area contributed by atoms with Crippen molar-refractivity contribution in [1.82, 2.24) is 10.3 Å². The zero-order chi connectivity index (χ0) is 12.0. The number of aryl methyl sites for hydroxylation is 1. The van der Waals surface area contributed by atoms with Crippen LogP contribution in [0.25, 0.3) is 0 Å². The zero-order valence-electron chi connectivity index (χ0n) is 10.2. The average molecular weight is 220 g/mol. The van der Waals surface area contributed by atoms with Crippen LogP contribution in [0.5, 0.6) is 0 Å². The predicted octanol–water partition coefficient (Wildman–Crippen LogP) is 1.45. The van der Waals surface area contributed by atoms with Crippen LogP contribution in [0.2, 0.25) is 0 Å². The van der Waals surface area contributed by atoms with Crippen molar-refractivity contribution in [3.8, 4) is 0 Å². The van der Waals surface area contributed by atoms with Crippen LogP contribution >= 0.6 is 0 Å². The van der Waals surface area contributed by atoms with E-state index in [-0.39, 0.29) is 0 Å². The predicted molar refractivity (Wildman–Crippen MR) is 67.1 cm³/mol. The normalized spacial score (nSPS) is 11.9. The van der Waals surface area contributed by atoms with Crippen molar-refractivity contribution in [2.24, 2.45) is 16.6 Å². The highest BCUT2D eigenvalue weighted by atomic mass is 15.1. The van der Waals surface area contributed by atoms with Crippen LogP contribution in [0.4, 0.5) is 0 Å². The fraction of sp³-hybridized carbons (Fsp3) is 0.500. The molecule has 1 aromatic rings. The fourth-order valence-corrected chi connectivity index (χ4v) is 1.21. The van der Waals surface area contributed by atoms with Gasteiger partial charge in [-0.15, -0.1) is 0 Å². The highest BCUT2D eigenvalue weighted by Gasteiger charge is 1.98. The first-order chi connectivity index (χ1) is 7.59. The molecule has 0 radical (unpaired) electrons. The summed E-state index contributed by atoms with van der Waals surface area (Å²) in [7, 11) is 0. The van der Waals surface area contributed by atoms with Gasteiger partial charge in [0, 0.05) is 18.9 Å². The van der Waals surface area contributed by atoms with Gasteiger partial charge in [0.1, 0.15) is 0 Å². The van der Waals surface area contributed by atoms with Crippen molar-refractivity contribution >= 4 is 5.96 Å². The number of nitrogens with two attached hydrogens (primary N) is 1. The van der Waals surface area contributed by atoms with E-state index < -0.39 is 0 Å². The Hall–Kier alpha value is -1.58. The smallest absolute Gasteiger partial charge is 0.188 e. The van der Waals surface area contributed by atoms with Gasteiger partial charge in [0.25, 0.3) is 0 Å². The molecule has 1 heterocycles. The van der Waals surface area contributed by atoms with E-state index >= 15 is 0 Å². The molecule has 0 spiro atoms. The molecule has 0 aliphatic carbocycles. The van der Waals surface area contributed by atoms with E-state index in [2.05, 4.69) is 29.1 Å². The molecule has 0 aliphatic rings. The van der Waals surface area contributed by atoms with Crippen molar-refractivity contribution < 1.29 is 0 Å². The van der Waals surface area contributed by atoms with Crippen molar-refractivity contribution in [3.63, 3.8) is 0 Å². The maximum atomic E-state index is 5.74. The number of aromatic nitrogens is 1. The zero-order valence-corrected chi connectivity index (χ0v) is 10.2. The SMILES string of the molecule is Cc1cnccc1CN=C(N)NCC(C)C. The van der Waals surface area contributed by atoms with Crippen molar-refractivity contribution in [2.45, 2.75) is 27.3 Å². The Bertz CT molecular complexity index is 358. The molecule has 88 valence electrons. The molecule has 0 fully saturated rings. The van der Waals surface area contributed by atoms with Crippen LogP contribution < -0.4 is 11.1 Å². The quantitative estimate of drug-likeness (QED) is 0.596. The lowest BCUT2D eigenvalue weighted by Crippen LogP contribution is -2.34. The Morgan fingerprint density at radius 3 is 2.94 bits per heavy atom. The molecule has 1 aromatic heterocycles. The number of guanidine groups is 1. The molecule has 0 aromatic carbocycles. The Labute approximate surface area is 97.0 Å². The van der Waals surface area contributed by atoms with Crippen LogP contribution in [0.15, 0.2) is 23.5 Å². The van der Waals surface area contributed by atoms with E-state index in [9.17, 15) is 0 Å². The molecule has 4 heteroatoms. The first-order valence-electron chi connectivity index (χ1n) is 5.53. The summed E-state index contributed by atoms with van der Waals surface area (Å²) in [6.07, 6.45) is 3.61. The van der Waals surface area contributed by atoms with Gasteiger partial charge in [0.05, 0.1) is 6.54 Å². The summed E-state index contributed by atoms with van der Waals surface area (Å²) in [5.41, 5.74) is 8.04. The molecule has 4 nitrogen and oxygen atoms in total. The second kappa shape index (κ2) is 6.10. The van der Waals surface area contributed by atoms with E-state index in [1.807, 2.05) is 19.2 Å². The molecule has 0 saturated heterocycles. The highest BCUT2D eigenvalue weighted by Crippen LogP contribution is 2.05. The maximum absolute atomic E-state index is 5.74. The summed E-state index contributed by atoms with van der Waals surface area (Å²) in [6.45, 7) is 7.74. The minimum atomic E-state index is 0.505. The monoisotopic (exact) mass is 220 g/mol. The van der Waals surface area contributed by atoms with Crippen LogP contribution in [0.3, 0.4) is 0 Å². The van der Waals surface area contributed by atoms with Crippen molar-refractivity contribution in [3.05, 3.63) is 29.6 Å². The third-order valence-electron chi connectivity index (χ3n) is 2.25.